The zero-order valence-corrected chi connectivity index (χ0v) is 17.9. The first-order valence-electron chi connectivity index (χ1n) is 10.6. The molecule has 0 spiro atoms. The van der Waals surface area contributed by atoms with Crippen LogP contribution in [-0.2, 0) is 24.2 Å². The standard InChI is InChI=1S/C26H24N4O2/c1-2-32-26(31)22-17-29-25-23(24(22)28-16-20-11-7-4-8-12-20)21(15-27)18-30(25)14-13-19-9-5-3-6-10-19/h3-12,17-18H,2,13-14,16H2,1H3,(H,28,29). The first-order chi connectivity index (χ1) is 15.7. The van der Waals surface area contributed by atoms with E-state index in [9.17, 15) is 10.1 Å². The van der Waals surface area contributed by atoms with Gasteiger partial charge in [-0.1, -0.05) is 60.7 Å². The van der Waals surface area contributed by atoms with Gasteiger partial charge >= 0.3 is 5.97 Å². The van der Waals surface area contributed by atoms with Crippen molar-refractivity contribution >= 4 is 22.7 Å². The first-order valence-corrected chi connectivity index (χ1v) is 10.6. The molecule has 0 radical (unpaired) electrons. The number of carbonyl (C=O) groups excluding carboxylic acids is 1. The predicted molar refractivity (Wildman–Crippen MR) is 124 cm³/mol. The Bertz CT molecular complexity index is 1260. The van der Waals surface area contributed by atoms with Crippen LogP contribution in [0.3, 0.4) is 0 Å². The minimum absolute atomic E-state index is 0.262. The summed E-state index contributed by atoms with van der Waals surface area (Å²) in [5.41, 5.74) is 4.32. The van der Waals surface area contributed by atoms with E-state index in [2.05, 4.69) is 28.5 Å². The summed E-state index contributed by atoms with van der Waals surface area (Å²) in [6, 6.07) is 22.3. The van der Waals surface area contributed by atoms with Crippen LogP contribution in [0.1, 0.15) is 34.0 Å². The molecule has 4 rings (SSSR count). The van der Waals surface area contributed by atoms with E-state index in [1.54, 1.807) is 6.92 Å². The second kappa shape index (κ2) is 9.80. The van der Waals surface area contributed by atoms with Crippen LogP contribution >= 0.6 is 0 Å². The van der Waals surface area contributed by atoms with E-state index in [-0.39, 0.29) is 6.61 Å². The number of benzene rings is 2. The molecule has 6 heteroatoms. The largest absolute Gasteiger partial charge is 0.462 e. The predicted octanol–water partition coefficient (Wildman–Crippen LogP) is 4.94. The Kier molecular flexibility index (Phi) is 6.47. The fraction of sp³-hybridized carbons (Fsp3) is 0.192. The summed E-state index contributed by atoms with van der Waals surface area (Å²) in [7, 11) is 0. The molecule has 2 heterocycles. The quantitative estimate of drug-likeness (QED) is 0.405. The molecule has 2 aromatic heterocycles. The average molecular weight is 425 g/mol. The molecule has 6 nitrogen and oxygen atoms in total. The molecule has 0 bridgehead atoms. The monoisotopic (exact) mass is 424 g/mol. The van der Waals surface area contributed by atoms with Crippen molar-refractivity contribution in [1.29, 1.82) is 5.26 Å². The number of anilines is 1. The third-order valence-corrected chi connectivity index (χ3v) is 5.30. The number of ether oxygens (including phenoxy) is 1. The number of esters is 1. The van der Waals surface area contributed by atoms with Gasteiger partial charge in [0.05, 0.1) is 23.2 Å². The molecule has 4 aromatic rings. The molecule has 0 aliphatic heterocycles. The van der Waals surface area contributed by atoms with Crippen molar-refractivity contribution < 1.29 is 9.53 Å². The summed E-state index contributed by atoms with van der Waals surface area (Å²) < 4.78 is 7.22. The van der Waals surface area contributed by atoms with Crippen molar-refractivity contribution in [1.82, 2.24) is 9.55 Å². The average Bonchev–Trinajstić information content (AvgIpc) is 3.20. The summed E-state index contributed by atoms with van der Waals surface area (Å²) >= 11 is 0. The normalized spacial score (nSPS) is 10.6. The second-order valence-electron chi connectivity index (χ2n) is 7.39. The fourth-order valence-electron chi connectivity index (χ4n) is 3.74. The van der Waals surface area contributed by atoms with Crippen molar-refractivity contribution in [3.8, 4) is 6.07 Å². The zero-order chi connectivity index (χ0) is 22.3. The molecule has 160 valence electrons. The number of aryl methyl sites for hydroxylation is 2. The lowest BCUT2D eigenvalue weighted by Gasteiger charge is -2.14. The highest BCUT2D eigenvalue weighted by Gasteiger charge is 2.21. The molecule has 32 heavy (non-hydrogen) atoms. The number of aromatic nitrogens is 2. The van der Waals surface area contributed by atoms with Gasteiger partial charge in [-0.15, -0.1) is 0 Å². The summed E-state index contributed by atoms with van der Waals surface area (Å²) in [6.07, 6.45) is 4.15. The van der Waals surface area contributed by atoms with Gasteiger partial charge in [-0.2, -0.15) is 5.26 Å². The van der Waals surface area contributed by atoms with Gasteiger partial charge in [-0.3, -0.25) is 0 Å². The Hall–Kier alpha value is -4.11. The van der Waals surface area contributed by atoms with Crippen LogP contribution in [0.25, 0.3) is 11.0 Å². The van der Waals surface area contributed by atoms with Gasteiger partial charge in [0, 0.05) is 25.5 Å². The van der Waals surface area contributed by atoms with E-state index >= 15 is 0 Å². The van der Waals surface area contributed by atoms with Crippen molar-refractivity contribution in [2.75, 3.05) is 11.9 Å². The van der Waals surface area contributed by atoms with Crippen molar-refractivity contribution in [2.45, 2.75) is 26.4 Å². The molecule has 0 fully saturated rings. The van der Waals surface area contributed by atoms with E-state index in [4.69, 9.17) is 4.74 Å². The van der Waals surface area contributed by atoms with Crippen LogP contribution in [0, 0.1) is 11.3 Å². The maximum Gasteiger partial charge on any atom is 0.341 e. The van der Waals surface area contributed by atoms with Crippen LogP contribution in [0.4, 0.5) is 5.69 Å². The number of fused-ring (bicyclic) bond motifs is 1. The van der Waals surface area contributed by atoms with Crippen LogP contribution < -0.4 is 5.32 Å². The van der Waals surface area contributed by atoms with Gasteiger partial charge in [-0.25, -0.2) is 9.78 Å². The highest BCUT2D eigenvalue weighted by Crippen LogP contribution is 2.31. The lowest BCUT2D eigenvalue weighted by Crippen LogP contribution is -2.12. The van der Waals surface area contributed by atoms with Crippen molar-refractivity contribution in [2.24, 2.45) is 0 Å². The number of nitriles is 1. The first kappa shape index (κ1) is 21.1. The minimum Gasteiger partial charge on any atom is -0.462 e. The van der Waals surface area contributed by atoms with Gasteiger partial charge < -0.3 is 14.6 Å². The number of hydrogen-bond acceptors (Lipinski definition) is 5. The van der Waals surface area contributed by atoms with Crippen LogP contribution in [0.2, 0.25) is 0 Å². The Labute approximate surface area is 187 Å². The lowest BCUT2D eigenvalue weighted by atomic mass is 10.1. The van der Waals surface area contributed by atoms with Gasteiger partial charge in [0.15, 0.2) is 0 Å². The van der Waals surface area contributed by atoms with Crippen LogP contribution in [0.15, 0.2) is 73.1 Å². The summed E-state index contributed by atoms with van der Waals surface area (Å²) in [6.45, 7) is 3.21. The highest BCUT2D eigenvalue weighted by atomic mass is 16.5. The van der Waals surface area contributed by atoms with Crippen molar-refractivity contribution in [3.05, 3.63) is 95.3 Å². The zero-order valence-electron chi connectivity index (χ0n) is 17.9. The van der Waals surface area contributed by atoms with E-state index in [1.807, 2.05) is 59.3 Å². The number of pyridine rings is 1. The van der Waals surface area contributed by atoms with Crippen molar-refractivity contribution in [3.63, 3.8) is 0 Å². The molecule has 0 aliphatic rings. The maximum absolute atomic E-state index is 12.6. The highest BCUT2D eigenvalue weighted by molar-refractivity contribution is 6.06. The molecule has 0 amide bonds. The van der Waals surface area contributed by atoms with Gasteiger partial charge in [0.25, 0.3) is 0 Å². The molecule has 0 saturated carbocycles. The van der Waals surface area contributed by atoms with E-state index in [1.165, 1.54) is 11.8 Å². The second-order valence-corrected chi connectivity index (χ2v) is 7.39. The van der Waals surface area contributed by atoms with Crippen LogP contribution in [-0.4, -0.2) is 22.1 Å². The Balaban J connectivity index is 1.75. The number of hydrogen-bond donors (Lipinski definition) is 1. The summed E-state index contributed by atoms with van der Waals surface area (Å²) in [4.78, 5) is 17.2. The Morgan fingerprint density at radius 2 is 1.78 bits per heavy atom. The van der Waals surface area contributed by atoms with E-state index < -0.39 is 5.97 Å². The Morgan fingerprint density at radius 3 is 2.44 bits per heavy atom. The molecule has 0 aliphatic carbocycles. The van der Waals surface area contributed by atoms with Gasteiger partial charge in [0.2, 0.25) is 0 Å². The van der Waals surface area contributed by atoms with Gasteiger partial charge in [0.1, 0.15) is 17.3 Å². The molecule has 2 aromatic carbocycles. The smallest absolute Gasteiger partial charge is 0.341 e. The summed E-state index contributed by atoms with van der Waals surface area (Å²) in [5, 5.41) is 13.9. The minimum atomic E-state index is -0.460. The summed E-state index contributed by atoms with van der Waals surface area (Å²) in [5.74, 6) is -0.460. The number of nitrogens with zero attached hydrogens (tertiary/aromatic N) is 3. The third-order valence-electron chi connectivity index (χ3n) is 5.30. The maximum atomic E-state index is 12.6. The molecule has 1 N–H and O–H groups in total. The topological polar surface area (TPSA) is 79.9 Å². The van der Waals surface area contributed by atoms with Gasteiger partial charge in [-0.05, 0) is 24.5 Å². The molecular weight excluding hydrogens is 400 g/mol. The SMILES string of the molecule is CCOC(=O)c1cnc2c(c(C#N)cn2CCc2ccccc2)c1NCc1ccccc1. The number of rotatable bonds is 8. The molecular formula is C26H24N4O2. The lowest BCUT2D eigenvalue weighted by molar-refractivity contribution is 0.0527. The third kappa shape index (κ3) is 4.47. The van der Waals surface area contributed by atoms with E-state index in [0.717, 1.165) is 12.0 Å². The molecule has 0 atom stereocenters. The van der Waals surface area contributed by atoms with E-state index in [0.29, 0.717) is 40.9 Å². The molecule has 0 unspecified atom stereocenters. The Morgan fingerprint density at radius 1 is 1.09 bits per heavy atom. The fourth-order valence-corrected chi connectivity index (χ4v) is 3.74. The number of carbonyl (C=O) groups is 1. The number of nitrogens with one attached hydrogen (secondary N) is 1. The molecule has 0 saturated heterocycles. The van der Waals surface area contributed by atoms with Crippen LogP contribution in [0.5, 0.6) is 0 Å².